The SMILES string of the molecule is C=CNc1cc(-c2cccc(SC)c2)sc1C(N)=NCCc1c(C)[nH]c2c(F)ccc(C)c12. The normalized spacial score (nSPS) is 11.8. The maximum atomic E-state index is 14.2. The monoisotopic (exact) mass is 478 g/mol. The lowest BCUT2D eigenvalue weighted by atomic mass is 10.0. The van der Waals surface area contributed by atoms with Gasteiger partial charge >= 0.3 is 0 Å². The second-order valence-electron chi connectivity index (χ2n) is 7.79. The van der Waals surface area contributed by atoms with Gasteiger partial charge in [0.15, 0.2) is 0 Å². The minimum absolute atomic E-state index is 0.232. The van der Waals surface area contributed by atoms with Crippen LogP contribution in [0.1, 0.15) is 21.7 Å². The summed E-state index contributed by atoms with van der Waals surface area (Å²) in [5, 5.41) is 4.14. The van der Waals surface area contributed by atoms with E-state index in [0.717, 1.165) is 43.2 Å². The average Bonchev–Trinajstić information content (AvgIpc) is 3.39. The lowest BCUT2D eigenvalue weighted by molar-refractivity contribution is 0.637. The molecule has 0 amide bonds. The Kier molecular flexibility index (Phi) is 6.91. The number of anilines is 1. The molecule has 0 saturated heterocycles. The van der Waals surface area contributed by atoms with Crippen molar-refractivity contribution >= 4 is 45.5 Å². The summed E-state index contributed by atoms with van der Waals surface area (Å²) in [7, 11) is 0. The molecule has 0 saturated carbocycles. The van der Waals surface area contributed by atoms with E-state index in [1.807, 2.05) is 19.9 Å². The highest BCUT2D eigenvalue weighted by Gasteiger charge is 2.16. The lowest BCUT2D eigenvalue weighted by Crippen LogP contribution is -2.14. The number of amidine groups is 1. The number of thioether (sulfide) groups is 1. The summed E-state index contributed by atoms with van der Waals surface area (Å²) >= 11 is 3.32. The number of thiophene rings is 1. The number of aromatic nitrogens is 1. The third-order valence-corrected chi connectivity index (χ3v) is 7.58. The van der Waals surface area contributed by atoms with Crippen LogP contribution >= 0.6 is 23.1 Å². The molecule has 4 aromatic rings. The van der Waals surface area contributed by atoms with Gasteiger partial charge in [0.1, 0.15) is 11.7 Å². The second-order valence-corrected chi connectivity index (χ2v) is 9.73. The van der Waals surface area contributed by atoms with Crippen LogP contribution in [-0.2, 0) is 6.42 Å². The highest BCUT2D eigenvalue weighted by molar-refractivity contribution is 7.98. The van der Waals surface area contributed by atoms with Crippen molar-refractivity contribution in [2.24, 2.45) is 10.7 Å². The molecule has 0 aliphatic heterocycles. The standard InChI is InChI=1S/C26H27FN4S2/c1-5-29-21-14-22(17-7-6-8-18(13-17)32-4)33-25(21)26(28)30-12-11-19-16(3)31-24-20(27)10-9-15(2)23(19)24/h5-10,13-14,29,31H,1,11-12H2,2-4H3,(H2,28,30). The number of aromatic amines is 1. The summed E-state index contributed by atoms with van der Waals surface area (Å²) in [5.74, 6) is 0.252. The Hall–Kier alpha value is -3.03. The van der Waals surface area contributed by atoms with Crippen LogP contribution in [0.25, 0.3) is 21.3 Å². The van der Waals surface area contributed by atoms with Crippen LogP contribution in [0.4, 0.5) is 10.1 Å². The summed E-state index contributed by atoms with van der Waals surface area (Å²) in [4.78, 5) is 11.1. The number of fused-ring (bicyclic) bond motifs is 1. The van der Waals surface area contributed by atoms with Gasteiger partial charge in [0, 0.05) is 27.4 Å². The van der Waals surface area contributed by atoms with Gasteiger partial charge in [-0.1, -0.05) is 24.8 Å². The van der Waals surface area contributed by atoms with Crippen LogP contribution in [0.15, 0.2) is 65.1 Å². The topological polar surface area (TPSA) is 66.2 Å². The van der Waals surface area contributed by atoms with E-state index in [-0.39, 0.29) is 5.82 Å². The zero-order chi connectivity index (χ0) is 23.5. The molecule has 33 heavy (non-hydrogen) atoms. The van der Waals surface area contributed by atoms with Crippen molar-refractivity contribution in [2.45, 2.75) is 25.2 Å². The molecule has 2 aromatic carbocycles. The summed E-state index contributed by atoms with van der Waals surface area (Å²) in [6, 6.07) is 13.8. The van der Waals surface area contributed by atoms with Gasteiger partial charge in [0.2, 0.25) is 0 Å². The average molecular weight is 479 g/mol. The third-order valence-electron chi connectivity index (χ3n) is 5.65. The smallest absolute Gasteiger partial charge is 0.147 e. The molecule has 4 rings (SSSR count). The molecule has 4 nitrogen and oxygen atoms in total. The quantitative estimate of drug-likeness (QED) is 0.147. The number of hydrogen-bond donors (Lipinski definition) is 3. The Morgan fingerprint density at radius 2 is 2.09 bits per heavy atom. The number of hydrogen-bond acceptors (Lipinski definition) is 4. The predicted octanol–water partition coefficient (Wildman–Crippen LogP) is 6.88. The number of aliphatic imine (C=N–C) groups is 1. The highest BCUT2D eigenvalue weighted by atomic mass is 32.2. The van der Waals surface area contributed by atoms with Crippen LogP contribution in [0, 0.1) is 19.7 Å². The first-order valence-corrected chi connectivity index (χ1v) is 12.7. The maximum absolute atomic E-state index is 14.2. The van der Waals surface area contributed by atoms with E-state index < -0.39 is 0 Å². The fourth-order valence-corrected chi connectivity index (χ4v) is 5.53. The lowest BCUT2D eigenvalue weighted by Gasteiger charge is -2.05. The number of halogens is 1. The van der Waals surface area contributed by atoms with E-state index in [1.54, 1.807) is 29.3 Å². The Morgan fingerprint density at radius 3 is 2.85 bits per heavy atom. The van der Waals surface area contributed by atoms with Crippen LogP contribution in [0.2, 0.25) is 0 Å². The minimum atomic E-state index is -0.232. The first-order valence-electron chi connectivity index (χ1n) is 10.6. The van der Waals surface area contributed by atoms with Crippen LogP contribution in [0.3, 0.4) is 0 Å². The molecule has 2 heterocycles. The Labute approximate surface area is 201 Å². The number of nitrogens with one attached hydrogen (secondary N) is 2. The number of H-pyrrole nitrogens is 1. The van der Waals surface area contributed by atoms with Crippen molar-refractivity contribution in [1.29, 1.82) is 0 Å². The minimum Gasteiger partial charge on any atom is -0.383 e. The molecule has 0 spiro atoms. The van der Waals surface area contributed by atoms with Crippen molar-refractivity contribution in [3.63, 3.8) is 0 Å². The van der Waals surface area contributed by atoms with Gasteiger partial charge in [-0.25, -0.2) is 4.39 Å². The molecule has 0 atom stereocenters. The van der Waals surface area contributed by atoms with E-state index in [4.69, 9.17) is 5.73 Å². The van der Waals surface area contributed by atoms with Crippen LogP contribution < -0.4 is 11.1 Å². The van der Waals surface area contributed by atoms with Gasteiger partial charge in [-0.05, 0) is 73.7 Å². The predicted molar refractivity (Wildman–Crippen MR) is 142 cm³/mol. The highest BCUT2D eigenvalue weighted by Crippen LogP contribution is 2.36. The molecule has 0 fully saturated rings. The van der Waals surface area contributed by atoms with E-state index in [1.165, 1.54) is 11.0 Å². The fourth-order valence-electron chi connectivity index (χ4n) is 4.03. The van der Waals surface area contributed by atoms with Gasteiger partial charge in [-0.2, -0.15) is 0 Å². The first-order chi connectivity index (χ1) is 15.9. The van der Waals surface area contributed by atoms with Gasteiger partial charge in [0.25, 0.3) is 0 Å². The third kappa shape index (κ3) is 4.70. The van der Waals surface area contributed by atoms with Crippen molar-refractivity contribution in [3.05, 3.63) is 82.8 Å². The van der Waals surface area contributed by atoms with Crippen molar-refractivity contribution in [2.75, 3.05) is 18.1 Å². The summed E-state index contributed by atoms with van der Waals surface area (Å²) in [6.45, 7) is 8.28. The molecule has 7 heteroatoms. The largest absolute Gasteiger partial charge is 0.383 e. The Bertz CT molecular complexity index is 1350. The van der Waals surface area contributed by atoms with Crippen molar-refractivity contribution in [3.8, 4) is 10.4 Å². The van der Waals surface area contributed by atoms with Gasteiger partial charge in [0.05, 0.1) is 16.1 Å². The number of nitrogens with zero attached hydrogens (tertiary/aromatic N) is 1. The molecular weight excluding hydrogens is 451 g/mol. The van der Waals surface area contributed by atoms with E-state index in [0.29, 0.717) is 24.3 Å². The number of nitrogens with two attached hydrogens (primary N) is 1. The van der Waals surface area contributed by atoms with Crippen molar-refractivity contribution < 1.29 is 4.39 Å². The summed E-state index contributed by atoms with van der Waals surface area (Å²) in [5.41, 5.74) is 12.1. The molecule has 2 aromatic heterocycles. The molecule has 0 unspecified atom stereocenters. The van der Waals surface area contributed by atoms with Crippen molar-refractivity contribution in [1.82, 2.24) is 4.98 Å². The zero-order valence-corrected chi connectivity index (χ0v) is 20.6. The summed E-state index contributed by atoms with van der Waals surface area (Å²) < 4.78 is 14.2. The summed E-state index contributed by atoms with van der Waals surface area (Å²) in [6.07, 6.45) is 4.39. The van der Waals surface area contributed by atoms with Crippen LogP contribution in [-0.4, -0.2) is 23.6 Å². The van der Waals surface area contributed by atoms with Gasteiger partial charge in [-0.15, -0.1) is 23.1 Å². The fraction of sp³-hybridized carbons (Fsp3) is 0.192. The van der Waals surface area contributed by atoms with E-state index in [9.17, 15) is 4.39 Å². The molecule has 0 bridgehead atoms. The molecular formula is C26H27FN4S2. The Balaban J connectivity index is 1.61. The van der Waals surface area contributed by atoms with E-state index >= 15 is 0 Å². The molecule has 0 aliphatic rings. The maximum Gasteiger partial charge on any atom is 0.147 e. The van der Waals surface area contributed by atoms with Gasteiger partial charge in [-0.3, -0.25) is 4.99 Å². The zero-order valence-electron chi connectivity index (χ0n) is 19.0. The molecule has 0 radical (unpaired) electrons. The number of rotatable bonds is 8. The van der Waals surface area contributed by atoms with Crippen LogP contribution in [0.5, 0.6) is 0 Å². The second kappa shape index (κ2) is 9.85. The van der Waals surface area contributed by atoms with Gasteiger partial charge < -0.3 is 16.0 Å². The Morgan fingerprint density at radius 1 is 1.27 bits per heavy atom. The van der Waals surface area contributed by atoms with E-state index in [2.05, 4.69) is 58.5 Å². The number of benzene rings is 2. The first kappa shape index (κ1) is 23.1. The molecule has 0 aliphatic carbocycles. The molecule has 170 valence electrons. The number of aryl methyl sites for hydroxylation is 2. The molecule has 4 N–H and O–H groups in total.